The van der Waals surface area contributed by atoms with Gasteiger partial charge in [-0.05, 0) is 82.7 Å². The summed E-state index contributed by atoms with van der Waals surface area (Å²) in [6.07, 6.45) is -0.387. The minimum atomic E-state index is -4.54. The predicted octanol–water partition coefficient (Wildman–Crippen LogP) is 8.85. The van der Waals surface area contributed by atoms with E-state index in [9.17, 15) is 18.0 Å². The maximum Gasteiger partial charge on any atom is 0.535 e. The van der Waals surface area contributed by atoms with E-state index >= 15 is 0 Å². The van der Waals surface area contributed by atoms with E-state index in [4.69, 9.17) is 49.5 Å². The molecule has 326 valence electrons. The van der Waals surface area contributed by atoms with Crippen molar-refractivity contribution < 1.29 is 46.2 Å². The number of hydrogen-bond donors (Lipinski definition) is 4. The second-order valence-corrected chi connectivity index (χ2v) is 18.5. The van der Waals surface area contributed by atoms with Gasteiger partial charge < -0.3 is 19.9 Å². The number of benzene rings is 1. The Labute approximate surface area is 381 Å². The van der Waals surface area contributed by atoms with Gasteiger partial charge in [-0.2, -0.15) is 34.2 Å². The highest BCUT2D eigenvalue weighted by molar-refractivity contribution is 8.77. The van der Waals surface area contributed by atoms with Crippen LogP contribution in [0.1, 0.15) is 20.4 Å². The lowest BCUT2D eigenvalue weighted by atomic mass is 9.59. The predicted molar refractivity (Wildman–Crippen MR) is 248 cm³/mol. The van der Waals surface area contributed by atoms with E-state index in [1.54, 1.807) is 46.9 Å². The minimum Gasteiger partial charge on any atom is -0.432 e. The van der Waals surface area contributed by atoms with Gasteiger partial charge in [0.05, 0.1) is 25.9 Å². The molecule has 4 aromatic heterocycles. The number of carbonyl (C=O) groups is 1. The van der Waals surface area contributed by atoms with Gasteiger partial charge in [-0.15, -0.1) is 5.10 Å². The third-order valence-corrected chi connectivity index (χ3v) is 9.74. The summed E-state index contributed by atoms with van der Waals surface area (Å²) in [5, 5.41) is 25.2. The number of fused-ring (bicyclic) bond motifs is 1. The SMILES string of the molecule is C.C.O=C(OCCSSc1ccccn1)On1nnc2ccc(C(F)(F)F)cc21.O=S(=O)(Cl)Cl.OCCS.OCCSSc1ccccn1.S=c1cccc[nH]1.[3H]B([B])C. The zero-order chi connectivity index (χ0) is 43.8. The Bertz CT molecular complexity index is 1970. The summed E-state index contributed by atoms with van der Waals surface area (Å²) in [6, 6.07) is 19.8. The van der Waals surface area contributed by atoms with Crippen LogP contribution in [0.4, 0.5) is 18.0 Å². The number of aliphatic hydroxyl groups is 2. The van der Waals surface area contributed by atoms with Crippen LogP contribution in [0.5, 0.6) is 0 Å². The Balaban J connectivity index is -0.000000807. The standard InChI is InChI=1S/C15H11F3N4O3S2.C7H9NOS2.C5H5NS.C2H6OS.CH4B2.2CH4.Cl2O2S/c16-15(17,18)10-4-5-11-12(9-10)22(21-20-11)25-14(23)24-7-8-26-27-13-3-1-2-6-19-13;9-5-6-10-11-7-3-1-2-4-8-7;7-5-3-1-2-4-6-5;3-1-2-4;1-3-2;;;1-5(2,3)4/h1-6,9H,7-8H2;1-4,9H,5-6H2;1-4H,(H,6,7);3-4H,1-2H2;3H,1H3;2*1H4;/i;;;;3T;;;. The Morgan fingerprint density at radius 2 is 1.53 bits per heavy atom. The highest BCUT2D eigenvalue weighted by Gasteiger charge is 2.31. The van der Waals surface area contributed by atoms with E-state index < -0.39 is 33.3 Å². The number of hydrogen-bond acceptors (Lipinski definition) is 17. The van der Waals surface area contributed by atoms with Gasteiger partial charge in [0.25, 0.3) is 0 Å². The number of carbonyl (C=O) groups excluding carboxylic acids is 1. The van der Waals surface area contributed by atoms with Gasteiger partial charge in [0, 0.05) is 65.0 Å². The van der Waals surface area contributed by atoms with Crippen molar-refractivity contribution in [3.05, 3.63) is 102 Å². The van der Waals surface area contributed by atoms with Gasteiger partial charge in [-0.1, -0.05) is 78.5 Å². The van der Waals surface area contributed by atoms with Crippen LogP contribution >= 0.6 is 89.4 Å². The van der Waals surface area contributed by atoms with Crippen LogP contribution in [-0.4, -0.2) is 108 Å². The van der Waals surface area contributed by atoms with Crippen molar-refractivity contribution >= 4 is 130 Å². The smallest absolute Gasteiger partial charge is 0.432 e. The number of halogens is 5. The Kier molecular flexibility index (Phi) is 37.3. The number of thiol groups is 1. The van der Waals surface area contributed by atoms with E-state index in [2.05, 4.69) is 59.3 Å². The summed E-state index contributed by atoms with van der Waals surface area (Å²) in [4.78, 5) is 28.2. The summed E-state index contributed by atoms with van der Waals surface area (Å²) >= 11 is 8.43. The topological polar surface area (TPSA) is 182 Å². The quantitative estimate of drug-likeness (QED) is 0.0144. The molecule has 0 saturated heterocycles. The molecule has 0 bridgehead atoms. The fourth-order valence-electron chi connectivity index (χ4n) is 2.81. The molecule has 0 aliphatic heterocycles. The average Bonchev–Trinajstić information content (AvgIpc) is 3.57. The number of rotatable bonds is 11. The molecule has 0 fully saturated rings. The molecule has 3 N–H and O–H groups in total. The third kappa shape index (κ3) is 35.0. The maximum atomic E-state index is 12.8. The Morgan fingerprint density at radius 3 is 1.93 bits per heavy atom. The second-order valence-electron chi connectivity index (χ2n) is 9.11. The molecule has 1 aromatic carbocycles. The number of H-pyrrole nitrogens is 1. The molecule has 2 radical (unpaired) electrons. The molecule has 27 heteroatoms. The molecule has 0 spiro atoms. The normalized spacial score (nSPS) is 10.1. The molecule has 0 saturated carbocycles. The monoisotopic (exact) mass is 998 g/mol. The fourth-order valence-corrected chi connectivity index (χ4v) is 6.31. The van der Waals surface area contributed by atoms with Crippen molar-refractivity contribution in [2.75, 3.05) is 37.1 Å². The number of aliphatic hydroxyl groups excluding tert-OH is 2. The minimum absolute atomic E-state index is 0. The van der Waals surface area contributed by atoms with Gasteiger partial charge in [0.1, 0.15) is 32.3 Å². The molecule has 0 unspecified atom stereocenters. The highest BCUT2D eigenvalue weighted by atomic mass is 36.0. The summed E-state index contributed by atoms with van der Waals surface area (Å²) in [5.74, 6) is 1.79. The molecule has 0 amide bonds. The van der Waals surface area contributed by atoms with Crippen LogP contribution in [0.3, 0.4) is 0 Å². The fraction of sp³-hybridized carbons (Fsp3) is 0.312. The van der Waals surface area contributed by atoms with Crippen LogP contribution < -0.4 is 4.84 Å². The van der Waals surface area contributed by atoms with Crippen LogP contribution in [0.2, 0.25) is 6.82 Å². The van der Waals surface area contributed by atoms with E-state index in [0.29, 0.717) is 16.4 Å². The first-order valence-electron chi connectivity index (χ1n) is 16.0. The first-order chi connectivity index (χ1) is 27.4. The molecular weight excluding hydrogens is 954 g/mol. The van der Waals surface area contributed by atoms with Crippen molar-refractivity contribution in [2.45, 2.75) is 37.9 Å². The molecule has 5 aromatic rings. The molecule has 0 atom stereocenters. The van der Waals surface area contributed by atoms with E-state index in [1.165, 1.54) is 21.6 Å². The van der Waals surface area contributed by atoms with Crippen LogP contribution in [0.15, 0.2) is 101 Å². The number of nitrogens with one attached hydrogen (secondary N) is 1. The van der Waals surface area contributed by atoms with Crippen molar-refractivity contribution in [2.24, 2.45) is 0 Å². The lowest BCUT2D eigenvalue weighted by Gasteiger charge is -2.07. The maximum absolute atomic E-state index is 12.8. The van der Waals surface area contributed by atoms with Crippen molar-refractivity contribution in [1.29, 1.82) is 1.34 Å². The Hall–Kier alpha value is -2.32. The number of aromatic nitrogens is 6. The van der Waals surface area contributed by atoms with E-state index in [1.807, 2.05) is 54.7 Å². The molecule has 0 aliphatic carbocycles. The zero-order valence-electron chi connectivity index (χ0n) is 30.5. The van der Waals surface area contributed by atoms with Gasteiger partial charge in [-0.25, -0.2) is 14.8 Å². The van der Waals surface area contributed by atoms with Crippen LogP contribution in [0, 0.1) is 4.64 Å². The van der Waals surface area contributed by atoms with E-state index in [0.717, 1.165) is 38.6 Å². The number of aromatic amines is 1. The van der Waals surface area contributed by atoms with Gasteiger partial charge in [0.2, 0.25) is 0 Å². The largest absolute Gasteiger partial charge is 0.535 e. The molecule has 13 nitrogen and oxygen atoms in total. The van der Waals surface area contributed by atoms with Crippen molar-refractivity contribution in [1.82, 2.24) is 30.1 Å². The van der Waals surface area contributed by atoms with Crippen LogP contribution in [0.25, 0.3) is 11.0 Å². The number of nitrogens with zero attached hydrogens (tertiary/aromatic N) is 5. The summed E-state index contributed by atoms with van der Waals surface area (Å²) in [6.45, 7) is 2.07. The molecule has 4 heterocycles. The van der Waals surface area contributed by atoms with E-state index in [-0.39, 0.29) is 45.7 Å². The average molecular weight is 1000 g/mol. The van der Waals surface area contributed by atoms with Gasteiger partial charge in [0.15, 0.2) is 0 Å². The van der Waals surface area contributed by atoms with Gasteiger partial charge >= 0.3 is 20.6 Å². The summed E-state index contributed by atoms with van der Waals surface area (Å²) in [5.41, 5.74) is -0.849. The van der Waals surface area contributed by atoms with Gasteiger partial charge in [-0.3, -0.25) is 4.84 Å². The summed E-state index contributed by atoms with van der Waals surface area (Å²) in [7, 11) is 15.2. The Morgan fingerprint density at radius 1 is 1.00 bits per heavy atom. The summed E-state index contributed by atoms with van der Waals surface area (Å²) < 4.78 is 68.7. The molecule has 59 heavy (non-hydrogen) atoms. The molecule has 0 aliphatic rings. The lowest BCUT2D eigenvalue weighted by Crippen LogP contribution is -2.22. The second kappa shape index (κ2) is 37.4. The molecular formula is C32H43B2Cl2F3N6O7S7. The lowest BCUT2D eigenvalue weighted by molar-refractivity contribution is -0.137. The number of alkyl halides is 3. The molecule has 5 rings (SSSR count). The first-order valence-corrected chi connectivity index (χ1v) is 24.2. The zero-order valence-corrected chi connectivity index (χ0v) is 36.8. The number of pyridine rings is 3. The highest BCUT2D eigenvalue weighted by Crippen LogP contribution is 2.31. The van der Waals surface area contributed by atoms with Crippen molar-refractivity contribution in [3.8, 4) is 0 Å². The first kappa shape index (κ1) is 58.8. The number of ether oxygens (including phenoxy) is 1. The van der Waals surface area contributed by atoms with Crippen molar-refractivity contribution in [3.63, 3.8) is 0 Å². The third-order valence-electron chi connectivity index (χ3n) is 4.81. The van der Waals surface area contributed by atoms with Crippen LogP contribution in [-0.2, 0) is 19.2 Å².